The lowest BCUT2D eigenvalue weighted by molar-refractivity contribution is 0.0301. The van der Waals surface area contributed by atoms with Crippen molar-refractivity contribution in [2.45, 2.75) is 33.3 Å². The van der Waals surface area contributed by atoms with Gasteiger partial charge in [0.2, 0.25) is 0 Å². The number of nitrogens with one attached hydrogen (secondary N) is 1. The van der Waals surface area contributed by atoms with Crippen molar-refractivity contribution in [2.24, 2.45) is 0 Å². The van der Waals surface area contributed by atoms with Crippen LogP contribution in [0, 0.1) is 5.82 Å². The van der Waals surface area contributed by atoms with E-state index in [-0.39, 0.29) is 12.1 Å². The summed E-state index contributed by atoms with van der Waals surface area (Å²) in [5, 5.41) is 0.979. The standard InChI is InChI=1S/C13H18FN3O3/c1-5-17(16-12(19)20-13(2,3)4)11(18)9-6-7-15-8-10(9)14/h6-8H,5H2,1-4H3,(H,16,19). The zero-order valence-corrected chi connectivity index (χ0v) is 11.9. The van der Waals surface area contributed by atoms with Crippen molar-refractivity contribution >= 4 is 12.0 Å². The van der Waals surface area contributed by atoms with Crippen molar-refractivity contribution in [3.05, 3.63) is 29.8 Å². The Kier molecular flexibility index (Phi) is 5.01. The van der Waals surface area contributed by atoms with E-state index in [4.69, 9.17) is 4.74 Å². The number of hydrogen-bond acceptors (Lipinski definition) is 4. The number of nitrogens with zero attached hydrogens (tertiary/aromatic N) is 2. The average Bonchev–Trinajstić information content (AvgIpc) is 2.33. The quantitative estimate of drug-likeness (QED) is 0.844. The van der Waals surface area contributed by atoms with E-state index in [0.717, 1.165) is 11.2 Å². The predicted molar refractivity (Wildman–Crippen MR) is 70.3 cm³/mol. The molecule has 110 valence electrons. The largest absolute Gasteiger partial charge is 0.443 e. The Morgan fingerprint density at radius 3 is 2.60 bits per heavy atom. The van der Waals surface area contributed by atoms with Crippen LogP contribution < -0.4 is 5.43 Å². The highest BCUT2D eigenvalue weighted by Crippen LogP contribution is 2.09. The molecule has 6 nitrogen and oxygen atoms in total. The molecule has 0 aliphatic carbocycles. The molecule has 0 atom stereocenters. The zero-order valence-electron chi connectivity index (χ0n) is 11.9. The summed E-state index contributed by atoms with van der Waals surface area (Å²) in [7, 11) is 0. The van der Waals surface area contributed by atoms with Gasteiger partial charge in [-0.3, -0.25) is 9.78 Å². The Balaban J connectivity index is 2.79. The van der Waals surface area contributed by atoms with E-state index >= 15 is 0 Å². The van der Waals surface area contributed by atoms with E-state index < -0.39 is 23.4 Å². The van der Waals surface area contributed by atoms with E-state index in [1.807, 2.05) is 0 Å². The summed E-state index contributed by atoms with van der Waals surface area (Å²) < 4.78 is 18.5. The minimum absolute atomic E-state index is 0.167. The fourth-order valence-corrected chi connectivity index (χ4v) is 1.38. The number of carbonyl (C=O) groups excluding carboxylic acids is 2. The van der Waals surface area contributed by atoms with Crippen molar-refractivity contribution in [3.8, 4) is 0 Å². The van der Waals surface area contributed by atoms with Gasteiger partial charge in [0, 0.05) is 12.7 Å². The van der Waals surface area contributed by atoms with Gasteiger partial charge < -0.3 is 4.74 Å². The van der Waals surface area contributed by atoms with Crippen LogP contribution in [0.5, 0.6) is 0 Å². The van der Waals surface area contributed by atoms with Crippen LogP contribution >= 0.6 is 0 Å². The fraction of sp³-hybridized carbons (Fsp3) is 0.462. The molecule has 0 aliphatic rings. The van der Waals surface area contributed by atoms with Gasteiger partial charge in [-0.1, -0.05) is 0 Å². The number of ether oxygens (including phenoxy) is 1. The molecule has 0 radical (unpaired) electrons. The first-order valence-corrected chi connectivity index (χ1v) is 6.15. The molecule has 2 amide bonds. The van der Waals surface area contributed by atoms with E-state index in [9.17, 15) is 14.0 Å². The molecule has 1 heterocycles. The zero-order chi connectivity index (χ0) is 15.3. The van der Waals surface area contributed by atoms with Gasteiger partial charge in [-0.2, -0.15) is 0 Å². The number of amides is 2. The minimum Gasteiger partial charge on any atom is -0.443 e. The van der Waals surface area contributed by atoms with Gasteiger partial charge in [0.15, 0.2) is 5.82 Å². The number of rotatable bonds is 2. The highest BCUT2D eigenvalue weighted by atomic mass is 19.1. The summed E-state index contributed by atoms with van der Waals surface area (Å²) in [4.78, 5) is 27.3. The number of pyridine rings is 1. The van der Waals surface area contributed by atoms with Crippen LogP contribution in [0.1, 0.15) is 38.1 Å². The van der Waals surface area contributed by atoms with Crippen LogP contribution in [0.4, 0.5) is 9.18 Å². The first-order chi connectivity index (χ1) is 9.24. The molecule has 0 aromatic carbocycles. The van der Waals surface area contributed by atoms with Crippen LogP contribution in [0.25, 0.3) is 0 Å². The maximum absolute atomic E-state index is 13.5. The molecule has 0 saturated carbocycles. The molecular formula is C13H18FN3O3. The lowest BCUT2D eigenvalue weighted by Crippen LogP contribution is -2.48. The van der Waals surface area contributed by atoms with Gasteiger partial charge in [0.25, 0.3) is 5.91 Å². The number of aromatic nitrogens is 1. The summed E-state index contributed by atoms with van der Waals surface area (Å²) in [6, 6.07) is 1.25. The Hall–Kier alpha value is -2.18. The average molecular weight is 283 g/mol. The molecule has 0 spiro atoms. The molecule has 0 saturated heterocycles. The maximum Gasteiger partial charge on any atom is 0.426 e. The molecule has 1 rings (SSSR count). The lowest BCUT2D eigenvalue weighted by atomic mass is 10.2. The molecular weight excluding hydrogens is 265 g/mol. The van der Waals surface area contributed by atoms with Crippen LogP contribution in [-0.4, -0.2) is 34.1 Å². The lowest BCUT2D eigenvalue weighted by Gasteiger charge is -2.25. The molecule has 0 fully saturated rings. The molecule has 7 heteroatoms. The second-order valence-electron chi connectivity index (χ2n) is 5.02. The van der Waals surface area contributed by atoms with Gasteiger partial charge in [-0.15, -0.1) is 0 Å². The van der Waals surface area contributed by atoms with Gasteiger partial charge in [-0.25, -0.2) is 19.6 Å². The Morgan fingerprint density at radius 2 is 2.10 bits per heavy atom. The SMILES string of the molecule is CCN(NC(=O)OC(C)(C)C)C(=O)c1ccncc1F. The van der Waals surface area contributed by atoms with Crippen LogP contribution in [0.3, 0.4) is 0 Å². The Labute approximate surface area is 116 Å². The first-order valence-electron chi connectivity index (χ1n) is 6.15. The van der Waals surface area contributed by atoms with E-state index in [0.29, 0.717) is 0 Å². The van der Waals surface area contributed by atoms with E-state index in [1.54, 1.807) is 27.7 Å². The summed E-state index contributed by atoms with van der Waals surface area (Å²) in [6.07, 6.45) is 1.47. The van der Waals surface area contributed by atoms with Gasteiger partial charge >= 0.3 is 6.09 Å². The minimum atomic E-state index is -0.776. The molecule has 0 bridgehead atoms. The Morgan fingerprint density at radius 1 is 1.45 bits per heavy atom. The smallest absolute Gasteiger partial charge is 0.426 e. The van der Waals surface area contributed by atoms with Crippen molar-refractivity contribution in [1.82, 2.24) is 15.4 Å². The molecule has 1 N–H and O–H groups in total. The second-order valence-corrected chi connectivity index (χ2v) is 5.02. The number of carbonyl (C=O) groups is 2. The normalized spacial score (nSPS) is 10.8. The second kappa shape index (κ2) is 6.31. The third kappa shape index (κ3) is 4.49. The number of hydrazine groups is 1. The number of halogens is 1. The fourth-order valence-electron chi connectivity index (χ4n) is 1.38. The van der Waals surface area contributed by atoms with Crippen molar-refractivity contribution in [2.75, 3.05) is 6.54 Å². The van der Waals surface area contributed by atoms with Crippen LogP contribution in [0.15, 0.2) is 18.5 Å². The maximum atomic E-state index is 13.5. The highest BCUT2D eigenvalue weighted by molar-refractivity contribution is 5.95. The summed E-state index contributed by atoms with van der Waals surface area (Å²) in [5.74, 6) is -1.42. The summed E-state index contributed by atoms with van der Waals surface area (Å²) >= 11 is 0. The van der Waals surface area contributed by atoms with Gasteiger partial charge in [-0.05, 0) is 33.8 Å². The van der Waals surface area contributed by atoms with Crippen LogP contribution in [-0.2, 0) is 4.74 Å². The van der Waals surface area contributed by atoms with Crippen molar-refractivity contribution < 1.29 is 18.7 Å². The highest BCUT2D eigenvalue weighted by Gasteiger charge is 2.22. The summed E-state index contributed by atoms with van der Waals surface area (Å²) in [5.41, 5.74) is 1.43. The van der Waals surface area contributed by atoms with Crippen LogP contribution in [0.2, 0.25) is 0 Å². The number of hydrogen-bond donors (Lipinski definition) is 1. The molecule has 20 heavy (non-hydrogen) atoms. The van der Waals surface area contributed by atoms with E-state index in [1.165, 1.54) is 12.3 Å². The Bertz CT molecular complexity index is 500. The first kappa shape index (κ1) is 15.9. The predicted octanol–water partition coefficient (Wildman–Crippen LogP) is 2.12. The molecule has 0 aliphatic heterocycles. The van der Waals surface area contributed by atoms with Gasteiger partial charge in [0.05, 0.1) is 11.8 Å². The van der Waals surface area contributed by atoms with Crippen molar-refractivity contribution in [1.29, 1.82) is 0 Å². The summed E-state index contributed by atoms with van der Waals surface area (Å²) in [6.45, 7) is 6.92. The third-order valence-electron chi connectivity index (χ3n) is 2.19. The molecule has 1 aromatic heterocycles. The van der Waals surface area contributed by atoms with E-state index in [2.05, 4.69) is 10.4 Å². The molecule has 0 unspecified atom stereocenters. The van der Waals surface area contributed by atoms with Gasteiger partial charge in [0.1, 0.15) is 5.60 Å². The topological polar surface area (TPSA) is 71.5 Å². The van der Waals surface area contributed by atoms with Crippen molar-refractivity contribution in [3.63, 3.8) is 0 Å². The monoisotopic (exact) mass is 283 g/mol. The molecule has 1 aromatic rings. The third-order valence-corrected chi connectivity index (χ3v) is 2.19.